The predicted octanol–water partition coefficient (Wildman–Crippen LogP) is 0.390. The summed E-state index contributed by atoms with van der Waals surface area (Å²) in [4.78, 5) is 11.6. The van der Waals surface area contributed by atoms with Crippen LogP contribution in [0.25, 0.3) is 0 Å². The topological polar surface area (TPSA) is 78.9 Å². The van der Waals surface area contributed by atoms with E-state index in [4.69, 9.17) is 11.0 Å². The van der Waals surface area contributed by atoms with E-state index in [0.717, 1.165) is 19.3 Å². The summed E-state index contributed by atoms with van der Waals surface area (Å²) in [7, 11) is 0. The summed E-state index contributed by atoms with van der Waals surface area (Å²) in [5.41, 5.74) is 5.79. The molecule has 3 atom stereocenters. The maximum Gasteiger partial charge on any atom is 0.224 e. The Hall–Kier alpha value is -1.08. The number of nitrogens with zero attached hydrogens (tertiary/aromatic N) is 1. The molecule has 1 amide bonds. The van der Waals surface area contributed by atoms with Gasteiger partial charge in [-0.05, 0) is 19.8 Å². The second-order valence-corrected chi connectivity index (χ2v) is 3.98. The van der Waals surface area contributed by atoms with Gasteiger partial charge in [0.1, 0.15) is 0 Å². The highest BCUT2D eigenvalue weighted by atomic mass is 16.1. The number of carbonyl (C=O) groups excluding carboxylic acids is 1. The lowest BCUT2D eigenvalue weighted by Gasteiger charge is -2.15. The number of hydrogen-bond acceptors (Lipinski definition) is 3. The lowest BCUT2D eigenvalue weighted by molar-refractivity contribution is -0.125. The highest BCUT2D eigenvalue weighted by molar-refractivity contribution is 5.79. The van der Waals surface area contributed by atoms with Crippen LogP contribution in [0.15, 0.2) is 0 Å². The van der Waals surface area contributed by atoms with Crippen molar-refractivity contribution in [3.63, 3.8) is 0 Å². The van der Waals surface area contributed by atoms with Crippen molar-refractivity contribution < 1.29 is 4.79 Å². The molecule has 1 aliphatic rings. The number of nitriles is 1. The van der Waals surface area contributed by atoms with Gasteiger partial charge in [0.25, 0.3) is 0 Å². The quantitative estimate of drug-likeness (QED) is 0.683. The first-order chi connectivity index (χ1) is 6.65. The second kappa shape index (κ2) is 4.97. The van der Waals surface area contributed by atoms with Crippen LogP contribution >= 0.6 is 0 Å². The first kappa shape index (κ1) is 11.0. The number of amides is 1. The maximum atomic E-state index is 11.6. The van der Waals surface area contributed by atoms with E-state index in [1.54, 1.807) is 6.92 Å². The Labute approximate surface area is 84.5 Å². The van der Waals surface area contributed by atoms with E-state index in [-0.39, 0.29) is 23.8 Å². The van der Waals surface area contributed by atoms with Crippen molar-refractivity contribution >= 4 is 5.91 Å². The molecule has 4 heteroatoms. The molecule has 0 radical (unpaired) electrons. The van der Waals surface area contributed by atoms with E-state index in [2.05, 4.69) is 11.4 Å². The molecule has 4 nitrogen and oxygen atoms in total. The van der Waals surface area contributed by atoms with Gasteiger partial charge in [0.05, 0.1) is 17.9 Å². The van der Waals surface area contributed by atoms with Crippen LogP contribution in [-0.2, 0) is 4.79 Å². The van der Waals surface area contributed by atoms with Crippen molar-refractivity contribution in [3.8, 4) is 6.07 Å². The summed E-state index contributed by atoms with van der Waals surface area (Å²) in [6.45, 7) is 2.22. The molecule has 0 bridgehead atoms. The monoisotopic (exact) mass is 195 g/mol. The molecule has 1 aliphatic carbocycles. The number of hydrogen-bond donors (Lipinski definition) is 2. The van der Waals surface area contributed by atoms with Crippen LogP contribution in [0, 0.1) is 23.2 Å². The van der Waals surface area contributed by atoms with Crippen molar-refractivity contribution in [1.82, 2.24) is 5.32 Å². The van der Waals surface area contributed by atoms with E-state index >= 15 is 0 Å². The van der Waals surface area contributed by atoms with Gasteiger partial charge in [-0.25, -0.2) is 0 Å². The molecule has 0 aromatic heterocycles. The number of nitrogens with one attached hydrogen (secondary N) is 1. The SMILES string of the molecule is CC(C#N)CNC(=O)C1CCCC1N. The van der Waals surface area contributed by atoms with Crippen molar-refractivity contribution in [3.05, 3.63) is 0 Å². The molecule has 0 saturated heterocycles. The van der Waals surface area contributed by atoms with E-state index in [1.165, 1.54) is 0 Å². The Kier molecular flexibility index (Phi) is 3.90. The van der Waals surface area contributed by atoms with Crippen LogP contribution in [0.2, 0.25) is 0 Å². The minimum Gasteiger partial charge on any atom is -0.355 e. The summed E-state index contributed by atoms with van der Waals surface area (Å²) >= 11 is 0. The fraction of sp³-hybridized carbons (Fsp3) is 0.800. The summed E-state index contributed by atoms with van der Waals surface area (Å²) in [5.74, 6) is -0.158. The summed E-state index contributed by atoms with van der Waals surface area (Å²) in [5, 5.41) is 11.3. The molecule has 0 heterocycles. The molecule has 14 heavy (non-hydrogen) atoms. The van der Waals surface area contributed by atoms with Gasteiger partial charge in [-0.2, -0.15) is 5.26 Å². The summed E-state index contributed by atoms with van der Waals surface area (Å²) in [6, 6.07) is 2.08. The summed E-state index contributed by atoms with van der Waals surface area (Å²) in [6.07, 6.45) is 2.85. The highest BCUT2D eigenvalue weighted by Crippen LogP contribution is 2.23. The molecule has 3 unspecified atom stereocenters. The lowest BCUT2D eigenvalue weighted by atomic mass is 10.0. The number of carbonyl (C=O) groups is 1. The van der Waals surface area contributed by atoms with Crippen LogP contribution in [-0.4, -0.2) is 18.5 Å². The Balaban J connectivity index is 2.32. The van der Waals surface area contributed by atoms with Gasteiger partial charge in [0, 0.05) is 12.6 Å². The smallest absolute Gasteiger partial charge is 0.224 e. The van der Waals surface area contributed by atoms with E-state index in [1.807, 2.05) is 0 Å². The molecule has 1 fully saturated rings. The Morgan fingerprint density at radius 1 is 1.71 bits per heavy atom. The molecular formula is C10H17N3O. The van der Waals surface area contributed by atoms with Crippen LogP contribution < -0.4 is 11.1 Å². The van der Waals surface area contributed by atoms with Crippen LogP contribution in [0.5, 0.6) is 0 Å². The van der Waals surface area contributed by atoms with Crippen LogP contribution in [0.3, 0.4) is 0 Å². The predicted molar refractivity (Wildman–Crippen MR) is 53.1 cm³/mol. The van der Waals surface area contributed by atoms with Gasteiger partial charge in [-0.3, -0.25) is 4.79 Å². The minimum atomic E-state index is -0.128. The zero-order valence-corrected chi connectivity index (χ0v) is 8.49. The number of rotatable bonds is 3. The normalized spacial score (nSPS) is 28.1. The van der Waals surface area contributed by atoms with Crippen molar-refractivity contribution in [1.29, 1.82) is 5.26 Å². The van der Waals surface area contributed by atoms with Gasteiger partial charge < -0.3 is 11.1 Å². The molecule has 0 aromatic carbocycles. The largest absolute Gasteiger partial charge is 0.355 e. The second-order valence-electron chi connectivity index (χ2n) is 3.98. The van der Waals surface area contributed by atoms with E-state index < -0.39 is 0 Å². The van der Waals surface area contributed by atoms with Crippen molar-refractivity contribution in [2.75, 3.05) is 6.54 Å². The fourth-order valence-corrected chi connectivity index (χ4v) is 1.74. The molecule has 78 valence electrons. The molecule has 1 saturated carbocycles. The van der Waals surface area contributed by atoms with E-state index in [9.17, 15) is 4.79 Å². The fourth-order valence-electron chi connectivity index (χ4n) is 1.74. The van der Waals surface area contributed by atoms with Crippen molar-refractivity contribution in [2.45, 2.75) is 32.2 Å². The first-order valence-electron chi connectivity index (χ1n) is 5.08. The Morgan fingerprint density at radius 2 is 2.43 bits per heavy atom. The van der Waals surface area contributed by atoms with Gasteiger partial charge >= 0.3 is 0 Å². The van der Waals surface area contributed by atoms with Crippen LogP contribution in [0.4, 0.5) is 0 Å². The molecule has 1 rings (SSSR count). The summed E-state index contributed by atoms with van der Waals surface area (Å²) < 4.78 is 0. The third kappa shape index (κ3) is 2.71. The zero-order valence-electron chi connectivity index (χ0n) is 8.49. The van der Waals surface area contributed by atoms with E-state index in [0.29, 0.717) is 6.54 Å². The standard InChI is InChI=1S/C10H17N3O/c1-7(5-11)6-13-10(14)8-3-2-4-9(8)12/h7-9H,2-4,6,12H2,1H3,(H,13,14). The maximum absolute atomic E-state index is 11.6. The third-order valence-electron chi connectivity index (χ3n) is 2.71. The van der Waals surface area contributed by atoms with Crippen LogP contribution in [0.1, 0.15) is 26.2 Å². The van der Waals surface area contributed by atoms with Gasteiger partial charge in [0.2, 0.25) is 5.91 Å². The number of nitrogens with two attached hydrogens (primary N) is 1. The third-order valence-corrected chi connectivity index (χ3v) is 2.71. The molecular weight excluding hydrogens is 178 g/mol. The average molecular weight is 195 g/mol. The first-order valence-corrected chi connectivity index (χ1v) is 5.08. The molecule has 3 N–H and O–H groups in total. The van der Waals surface area contributed by atoms with Gasteiger partial charge in [-0.15, -0.1) is 0 Å². The zero-order chi connectivity index (χ0) is 10.6. The minimum absolute atomic E-state index is 0.00684. The average Bonchev–Trinajstić information content (AvgIpc) is 2.60. The Morgan fingerprint density at radius 3 is 2.93 bits per heavy atom. The van der Waals surface area contributed by atoms with Gasteiger partial charge in [0.15, 0.2) is 0 Å². The molecule has 0 aliphatic heterocycles. The van der Waals surface area contributed by atoms with Crippen molar-refractivity contribution in [2.24, 2.45) is 17.6 Å². The Bertz CT molecular complexity index is 246. The molecule has 0 aromatic rings. The highest BCUT2D eigenvalue weighted by Gasteiger charge is 2.29. The van der Waals surface area contributed by atoms with Gasteiger partial charge in [-0.1, -0.05) is 6.42 Å². The lowest BCUT2D eigenvalue weighted by Crippen LogP contribution is -2.40. The molecule has 0 spiro atoms.